The second-order valence-corrected chi connectivity index (χ2v) is 5.23. The standard InChI is InChI=1S/C18H14F2N4O/c19-15-4-3-13(8-16(15)20)24-14-5-7-22-17(9-14)18(25)23-11-12-2-1-6-21-10-12/h1-10H,11H2,(H,22,24)(H,23,25). The van der Waals surface area contributed by atoms with Crippen LogP contribution < -0.4 is 10.6 Å². The monoisotopic (exact) mass is 340 g/mol. The van der Waals surface area contributed by atoms with Gasteiger partial charge in [0.1, 0.15) is 5.69 Å². The number of nitrogens with zero attached hydrogens (tertiary/aromatic N) is 2. The van der Waals surface area contributed by atoms with E-state index in [2.05, 4.69) is 20.6 Å². The fourth-order valence-electron chi connectivity index (χ4n) is 2.15. The minimum absolute atomic E-state index is 0.205. The lowest BCUT2D eigenvalue weighted by atomic mass is 10.2. The van der Waals surface area contributed by atoms with Crippen molar-refractivity contribution in [3.05, 3.63) is 83.9 Å². The van der Waals surface area contributed by atoms with E-state index in [0.717, 1.165) is 17.7 Å². The van der Waals surface area contributed by atoms with Crippen molar-refractivity contribution in [2.75, 3.05) is 5.32 Å². The summed E-state index contributed by atoms with van der Waals surface area (Å²) in [5.74, 6) is -2.22. The van der Waals surface area contributed by atoms with Crippen LogP contribution in [-0.2, 0) is 6.54 Å². The molecule has 1 aromatic carbocycles. The highest BCUT2D eigenvalue weighted by atomic mass is 19.2. The van der Waals surface area contributed by atoms with Crippen molar-refractivity contribution >= 4 is 17.3 Å². The summed E-state index contributed by atoms with van der Waals surface area (Å²) in [5, 5.41) is 5.65. The number of rotatable bonds is 5. The van der Waals surface area contributed by atoms with Crippen LogP contribution in [0.15, 0.2) is 61.1 Å². The molecule has 0 radical (unpaired) electrons. The second kappa shape index (κ2) is 7.48. The molecule has 2 aromatic heterocycles. The lowest BCUT2D eigenvalue weighted by Gasteiger charge is -2.09. The summed E-state index contributed by atoms with van der Waals surface area (Å²) in [7, 11) is 0. The lowest BCUT2D eigenvalue weighted by Crippen LogP contribution is -2.23. The highest BCUT2D eigenvalue weighted by Crippen LogP contribution is 2.19. The Kier molecular flexibility index (Phi) is 4.94. The van der Waals surface area contributed by atoms with Gasteiger partial charge in [-0.25, -0.2) is 8.78 Å². The van der Waals surface area contributed by atoms with Crippen LogP contribution >= 0.6 is 0 Å². The third kappa shape index (κ3) is 4.35. The SMILES string of the molecule is O=C(NCc1cccnc1)c1cc(Nc2ccc(F)c(F)c2)ccn1. The Morgan fingerprint density at radius 3 is 2.60 bits per heavy atom. The number of amides is 1. The van der Waals surface area contributed by atoms with Crippen LogP contribution in [0, 0.1) is 11.6 Å². The average molecular weight is 340 g/mol. The molecular weight excluding hydrogens is 326 g/mol. The van der Waals surface area contributed by atoms with Crippen LogP contribution in [-0.4, -0.2) is 15.9 Å². The highest BCUT2D eigenvalue weighted by Gasteiger charge is 2.09. The molecule has 7 heteroatoms. The zero-order valence-electron chi connectivity index (χ0n) is 13.0. The zero-order chi connectivity index (χ0) is 17.6. The van der Waals surface area contributed by atoms with Gasteiger partial charge in [-0.1, -0.05) is 6.07 Å². The molecule has 3 rings (SSSR count). The van der Waals surface area contributed by atoms with Gasteiger partial charge in [-0.2, -0.15) is 0 Å². The summed E-state index contributed by atoms with van der Waals surface area (Å²) in [5.41, 5.74) is 1.97. The largest absolute Gasteiger partial charge is 0.355 e. The minimum atomic E-state index is -0.950. The van der Waals surface area contributed by atoms with E-state index < -0.39 is 11.6 Å². The van der Waals surface area contributed by atoms with Gasteiger partial charge >= 0.3 is 0 Å². The van der Waals surface area contributed by atoms with E-state index in [0.29, 0.717) is 17.9 Å². The van der Waals surface area contributed by atoms with Crippen LogP contribution in [0.3, 0.4) is 0 Å². The van der Waals surface area contributed by atoms with Crippen molar-refractivity contribution in [1.29, 1.82) is 0 Å². The van der Waals surface area contributed by atoms with Gasteiger partial charge in [-0.05, 0) is 35.9 Å². The maximum absolute atomic E-state index is 13.3. The van der Waals surface area contributed by atoms with Crippen molar-refractivity contribution in [3.63, 3.8) is 0 Å². The molecule has 126 valence electrons. The number of carbonyl (C=O) groups excluding carboxylic acids is 1. The number of halogens is 2. The van der Waals surface area contributed by atoms with Gasteiger partial charge in [0.25, 0.3) is 5.91 Å². The smallest absolute Gasteiger partial charge is 0.270 e. The van der Waals surface area contributed by atoms with Crippen LogP contribution in [0.2, 0.25) is 0 Å². The molecule has 2 N–H and O–H groups in total. The first-order chi connectivity index (χ1) is 12.1. The van der Waals surface area contributed by atoms with Gasteiger partial charge in [0.05, 0.1) is 0 Å². The normalized spacial score (nSPS) is 10.3. The van der Waals surface area contributed by atoms with Crippen LogP contribution in [0.25, 0.3) is 0 Å². The van der Waals surface area contributed by atoms with Crippen molar-refractivity contribution in [2.45, 2.75) is 6.54 Å². The Balaban J connectivity index is 1.68. The molecule has 0 aliphatic carbocycles. The molecular formula is C18H14F2N4O. The van der Waals surface area contributed by atoms with Crippen molar-refractivity contribution < 1.29 is 13.6 Å². The van der Waals surface area contributed by atoms with Gasteiger partial charge in [0, 0.05) is 42.6 Å². The van der Waals surface area contributed by atoms with Crippen LogP contribution in [0.5, 0.6) is 0 Å². The Morgan fingerprint density at radius 1 is 1.00 bits per heavy atom. The molecule has 0 aliphatic rings. The molecule has 0 saturated carbocycles. The average Bonchev–Trinajstić information content (AvgIpc) is 2.64. The van der Waals surface area contributed by atoms with Gasteiger partial charge in [0.2, 0.25) is 0 Å². The maximum Gasteiger partial charge on any atom is 0.270 e. The first kappa shape index (κ1) is 16.5. The van der Waals surface area contributed by atoms with Crippen LogP contribution in [0.4, 0.5) is 20.2 Å². The Bertz CT molecular complexity index is 887. The molecule has 0 unspecified atom stereocenters. The molecule has 0 bridgehead atoms. The maximum atomic E-state index is 13.3. The summed E-state index contributed by atoms with van der Waals surface area (Å²) in [4.78, 5) is 20.2. The number of anilines is 2. The third-order valence-electron chi connectivity index (χ3n) is 3.38. The summed E-state index contributed by atoms with van der Waals surface area (Å²) < 4.78 is 26.2. The Morgan fingerprint density at radius 2 is 1.84 bits per heavy atom. The fourth-order valence-corrected chi connectivity index (χ4v) is 2.15. The molecule has 5 nitrogen and oxygen atoms in total. The lowest BCUT2D eigenvalue weighted by molar-refractivity contribution is 0.0946. The molecule has 0 spiro atoms. The molecule has 0 aliphatic heterocycles. The summed E-state index contributed by atoms with van der Waals surface area (Å²) in [6, 6.07) is 10.3. The quantitative estimate of drug-likeness (QED) is 0.747. The van der Waals surface area contributed by atoms with Gasteiger partial charge < -0.3 is 10.6 Å². The predicted molar refractivity (Wildman–Crippen MR) is 89.3 cm³/mol. The topological polar surface area (TPSA) is 66.9 Å². The summed E-state index contributed by atoms with van der Waals surface area (Å²) in [6.45, 7) is 0.329. The van der Waals surface area contributed by atoms with E-state index in [4.69, 9.17) is 0 Å². The number of aromatic nitrogens is 2. The van der Waals surface area contributed by atoms with Crippen molar-refractivity contribution in [2.24, 2.45) is 0 Å². The fraction of sp³-hybridized carbons (Fsp3) is 0.0556. The molecule has 0 saturated heterocycles. The zero-order valence-corrected chi connectivity index (χ0v) is 13.0. The number of hydrogen-bond donors (Lipinski definition) is 2. The van der Waals surface area contributed by atoms with E-state index in [-0.39, 0.29) is 11.6 Å². The van der Waals surface area contributed by atoms with E-state index >= 15 is 0 Å². The predicted octanol–water partition coefficient (Wildman–Crippen LogP) is 3.43. The number of carbonyl (C=O) groups is 1. The molecule has 1 amide bonds. The van der Waals surface area contributed by atoms with E-state index in [1.165, 1.54) is 18.3 Å². The molecule has 2 heterocycles. The summed E-state index contributed by atoms with van der Waals surface area (Å²) >= 11 is 0. The first-order valence-corrected chi connectivity index (χ1v) is 7.47. The Hall–Kier alpha value is -3.35. The van der Waals surface area contributed by atoms with Crippen molar-refractivity contribution in [3.8, 4) is 0 Å². The first-order valence-electron chi connectivity index (χ1n) is 7.47. The number of pyridine rings is 2. The summed E-state index contributed by atoms with van der Waals surface area (Å²) in [6.07, 6.45) is 4.77. The molecule has 25 heavy (non-hydrogen) atoms. The third-order valence-corrected chi connectivity index (χ3v) is 3.38. The number of benzene rings is 1. The molecule has 3 aromatic rings. The van der Waals surface area contributed by atoms with Crippen molar-refractivity contribution in [1.82, 2.24) is 15.3 Å². The second-order valence-electron chi connectivity index (χ2n) is 5.23. The molecule has 0 fully saturated rings. The van der Waals surface area contributed by atoms with Gasteiger partial charge in [-0.3, -0.25) is 14.8 Å². The molecule has 0 atom stereocenters. The number of nitrogens with one attached hydrogen (secondary N) is 2. The van der Waals surface area contributed by atoms with E-state index in [1.807, 2.05) is 6.07 Å². The number of hydrogen-bond acceptors (Lipinski definition) is 4. The minimum Gasteiger partial charge on any atom is -0.355 e. The Labute approximate surface area is 142 Å². The highest BCUT2D eigenvalue weighted by molar-refractivity contribution is 5.93. The van der Waals surface area contributed by atoms with Gasteiger partial charge in [-0.15, -0.1) is 0 Å². The van der Waals surface area contributed by atoms with E-state index in [1.54, 1.807) is 24.5 Å². The van der Waals surface area contributed by atoms with Crippen LogP contribution in [0.1, 0.15) is 16.1 Å². The van der Waals surface area contributed by atoms with Gasteiger partial charge in [0.15, 0.2) is 11.6 Å². The van der Waals surface area contributed by atoms with E-state index in [9.17, 15) is 13.6 Å².